The molecule has 2 atom stereocenters. The minimum atomic E-state index is -1.20. The van der Waals surface area contributed by atoms with E-state index >= 15 is 0 Å². The monoisotopic (exact) mass is 834 g/mol. The molecule has 1 aliphatic heterocycles. The van der Waals surface area contributed by atoms with Gasteiger partial charge in [-0.15, -0.1) is 0 Å². The maximum absolute atomic E-state index is 11.6. The summed E-state index contributed by atoms with van der Waals surface area (Å²) in [6, 6.07) is 21.7. The van der Waals surface area contributed by atoms with Crippen molar-refractivity contribution < 1.29 is 29.3 Å². The van der Waals surface area contributed by atoms with Crippen LogP contribution < -0.4 is 25.4 Å². The molecule has 1 amide bonds. The third kappa shape index (κ3) is 9.46. The van der Waals surface area contributed by atoms with Gasteiger partial charge in [0.15, 0.2) is 0 Å². The number of aliphatic hydroxyl groups excluding tert-OH is 1. The molecule has 16 heteroatoms. The van der Waals surface area contributed by atoms with Crippen LogP contribution in [-0.2, 0) is 35.8 Å². The SMILES string of the molecule is COc1nc(-c2cccc(-c3cccc4c3cnn4Cc3cc(OCc4cncc(C#N)c4)c(CN[C@@H](CO)C(=O)O)cc3Cl)c2Cl)ccc1CNC[C@@H]1CCC(=O)N1. The maximum Gasteiger partial charge on any atom is 0.323 e. The number of carbonyl (C=O) groups excluding carboxylic acids is 1. The first-order valence-electron chi connectivity index (χ1n) is 18.8. The number of pyridine rings is 2. The molecule has 6 aromatic rings. The molecule has 59 heavy (non-hydrogen) atoms. The summed E-state index contributed by atoms with van der Waals surface area (Å²) in [5.41, 5.74) is 7.06. The lowest BCUT2D eigenvalue weighted by molar-refractivity contribution is -0.140. The van der Waals surface area contributed by atoms with Crippen LogP contribution in [0.3, 0.4) is 0 Å². The van der Waals surface area contributed by atoms with Gasteiger partial charge in [-0.2, -0.15) is 10.4 Å². The Morgan fingerprint density at radius 1 is 1.03 bits per heavy atom. The molecule has 302 valence electrons. The summed E-state index contributed by atoms with van der Waals surface area (Å²) in [5, 5.41) is 44.1. The van der Waals surface area contributed by atoms with Gasteiger partial charge in [-0.25, -0.2) is 4.98 Å². The number of methoxy groups -OCH3 is 1. The number of benzene rings is 3. The zero-order valence-electron chi connectivity index (χ0n) is 31.9. The Morgan fingerprint density at radius 3 is 2.61 bits per heavy atom. The van der Waals surface area contributed by atoms with Crippen LogP contribution in [0.5, 0.6) is 11.6 Å². The number of carboxylic acids is 1. The van der Waals surface area contributed by atoms with E-state index in [0.717, 1.165) is 39.6 Å². The number of aliphatic carboxylic acids is 1. The van der Waals surface area contributed by atoms with E-state index in [2.05, 4.69) is 27.0 Å². The molecule has 5 N–H and O–H groups in total. The largest absolute Gasteiger partial charge is 0.489 e. The molecule has 14 nitrogen and oxygen atoms in total. The van der Waals surface area contributed by atoms with Gasteiger partial charge in [0.1, 0.15) is 24.5 Å². The number of rotatable bonds is 17. The number of nitriles is 1. The molecular weight excluding hydrogens is 795 g/mol. The van der Waals surface area contributed by atoms with Crippen LogP contribution in [0.1, 0.15) is 40.7 Å². The molecule has 0 radical (unpaired) electrons. The summed E-state index contributed by atoms with van der Waals surface area (Å²) in [6.45, 7) is 0.970. The Balaban J connectivity index is 1.14. The van der Waals surface area contributed by atoms with Crippen LogP contribution in [0.25, 0.3) is 33.3 Å². The second-order valence-corrected chi connectivity index (χ2v) is 14.8. The lowest BCUT2D eigenvalue weighted by atomic mass is 9.98. The quantitative estimate of drug-likeness (QED) is 0.0734. The summed E-state index contributed by atoms with van der Waals surface area (Å²) >= 11 is 14.0. The van der Waals surface area contributed by atoms with Crippen molar-refractivity contribution in [3.05, 3.63) is 123 Å². The molecule has 7 rings (SSSR count). The lowest BCUT2D eigenvalue weighted by Crippen LogP contribution is -2.39. The highest BCUT2D eigenvalue weighted by molar-refractivity contribution is 6.36. The number of fused-ring (bicyclic) bond motifs is 1. The predicted octanol–water partition coefficient (Wildman–Crippen LogP) is 5.88. The van der Waals surface area contributed by atoms with Crippen LogP contribution in [-0.4, -0.2) is 74.2 Å². The van der Waals surface area contributed by atoms with Gasteiger partial charge in [0, 0.05) is 82.7 Å². The van der Waals surface area contributed by atoms with Crippen molar-refractivity contribution in [2.75, 3.05) is 20.3 Å². The van der Waals surface area contributed by atoms with E-state index in [1.54, 1.807) is 37.7 Å². The standard InChI is InChI=1S/C43H40Cl2N8O6/c1-58-42-27(18-48-20-30-9-11-40(55)51-30)8-10-36(52-42)33-6-2-5-32(41(33)45)31-4-3-7-38-34(31)21-50-53(38)22-29-14-39(59-24-26-12-25(15-46)16-47-17-26)28(13-35(29)44)19-49-37(23-54)43(56)57/h2-8,10,12-14,16-17,21,30,37,48-49,54H,9,11,18-20,22-24H2,1H3,(H,51,55)(H,56,57)/t30-,37-/m0/s1. The van der Waals surface area contributed by atoms with Gasteiger partial charge in [0.2, 0.25) is 11.8 Å². The van der Waals surface area contributed by atoms with Crippen molar-refractivity contribution in [3.8, 4) is 40.1 Å². The molecule has 1 saturated heterocycles. The Morgan fingerprint density at radius 2 is 1.85 bits per heavy atom. The molecule has 0 aliphatic carbocycles. The molecule has 0 saturated carbocycles. The summed E-state index contributed by atoms with van der Waals surface area (Å²) in [7, 11) is 1.58. The summed E-state index contributed by atoms with van der Waals surface area (Å²) in [5.74, 6) is -0.210. The minimum Gasteiger partial charge on any atom is -0.489 e. The van der Waals surface area contributed by atoms with Crippen molar-refractivity contribution in [2.24, 2.45) is 0 Å². The average Bonchev–Trinajstić information content (AvgIpc) is 3.86. The molecule has 0 unspecified atom stereocenters. The number of nitrogens with zero attached hydrogens (tertiary/aromatic N) is 5. The maximum atomic E-state index is 11.6. The second-order valence-electron chi connectivity index (χ2n) is 14.0. The number of hydrogen-bond acceptors (Lipinski definition) is 11. The van der Waals surface area contributed by atoms with Crippen molar-refractivity contribution in [1.29, 1.82) is 5.26 Å². The van der Waals surface area contributed by atoms with Gasteiger partial charge >= 0.3 is 5.97 Å². The molecule has 0 bridgehead atoms. The van der Waals surface area contributed by atoms with Crippen LogP contribution in [0.2, 0.25) is 10.0 Å². The fourth-order valence-corrected chi connectivity index (χ4v) is 7.56. The van der Waals surface area contributed by atoms with Gasteiger partial charge in [-0.3, -0.25) is 24.6 Å². The average molecular weight is 836 g/mol. The Kier molecular flexibility index (Phi) is 13.0. The fourth-order valence-electron chi connectivity index (χ4n) is 6.99. The highest BCUT2D eigenvalue weighted by Gasteiger charge is 2.22. The van der Waals surface area contributed by atoms with Crippen LogP contribution in [0.4, 0.5) is 0 Å². The number of aliphatic hydroxyl groups is 1. The van der Waals surface area contributed by atoms with E-state index in [-0.39, 0.29) is 31.6 Å². The summed E-state index contributed by atoms with van der Waals surface area (Å²) in [4.78, 5) is 32.1. The molecule has 1 fully saturated rings. The zero-order chi connectivity index (χ0) is 41.5. The predicted molar refractivity (Wildman–Crippen MR) is 222 cm³/mol. The van der Waals surface area contributed by atoms with E-state index in [1.807, 2.05) is 53.2 Å². The van der Waals surface area contributed by atoms with E-state index in [4.69, 9.17) is 42.8 Å². The number of carbonyl (C=O) groups is 2. The van der Waals surface area contributed by atoms with E-state index < -0.39 is 18.6 Å². The van der Waals surface area contributed by atoms with Gasteiger partial charge in [0.05, 0.1) is 48.3 Å². The fraction of sp³-hybridized carbons (Fsp3) is 0.256. The first kappa shape index (κ1) is 41.1. The van der Waals surface area contributed by atoms with Crippen molar-refractivity contribution >= 4 is 46.0 Å². The number of halogens is 2. The molecule has 0 spiro atoms. The number of hydrogen-bond donors (Lipinski definition) is 5. The molecule has 4 heterocycles. The number of nitrogens with one attached hydrogen (secondary N) is 3. The number of aromatic nitrogens is 4. The minimum absolute atomic E-state index is 0.0449. The van der Waals surface area contributed by atoms with E-state index in [9.17, 15) is 25.1 Å². The van der Waals surface area contributed by atoms with Crippen molar-refractivity contribution in [2.45, 2.75) is 51.2 Å². The van der Waals surface area contributed by atoms with E-state index in [1.165, 1.54) is 6.20 Å². The third-order valence-electron chi connectivity index (χ3n) is 10.1. The van der Waals surface area contributed by atoms with Crippen LogP contribution in [0, 0.1) is 11.3 Å². The van der Waals surface area contributed by atoms with E-state index in [0.29, 0.717) is 69.1 Å². The molecule has 1 aliphatic rings. The Hall–Kier alpha value is -6.08. The van der Waals surface area contributed by atoms with Crippen LogP contribution >= 0.6 is 23.2 Å². The number of carboxylic acid groups (broad SMARTS) is 1. The smallest absolute Gasteiger partial charge is 0.323 e. The molecule has 3 aromatic heterocycles. The van der Waals surface area contributed by atoms with Gasteiger partial charge < -0.3 is 30.3 Å². The van der Waals surface area contributed by atoms with Gasteiger partial charge in [0.25, 0.3) is 0 Å². The number of amides is 1. The summed E-state index contributed by atoms with van der Waals surface area (Å²) < 4.78 is 13.7. The Labute approximate surface area is 349 Å². The topological polar surface area (TPSA) is 197 Å². The number of ether oxygens (including phenoxy) is 2. The molecular formula is C43H40Cl2N8O6. The van der Waals surface area contributed by atoms with Crippen molar-refractivity contribution in [1.82, 2.24) is 35.7 Å². The lowest BCUT2D eigenvalue weighted by Gasteiger charge is -2.18. The van der Waals surface area contributed by atoms with Crippen molar-refractivity contribution in [3.63, 3.8) is 0 Å². The second kappa shape index (κ2) is 18.7. The first-order valence-corrected chi connectivity index (χ1v) is 19.5. The highest BCUT2D eigenvalue weighted by atomic mass is 35.5. The highest BCUT2D eigenvalue weighted by Crippen LogP contribution is 2.40. The van der Waals surface area contributed by atoms with Gasteiger partial charge in [-0.1, -0.05) is 59.6 Å². The summed E-state index contributed by atoms with van der Waals surface area (Å²) in [6.07, 6.45) is 6.21. The third-order valence-corrected chi connectivity index (χ3v) is 10.8. The molecule has 3 aromatic carbocycles. The Bertz CT molecular complexity index is 2560. The first-order chi connectivity index (χ1) is 28.6. The normalized spacial score (nSPS) is 14.2. The zero-order valence-corrected chi connectivity index (χ0v) is 33.4. The van der Waals surface area contributed by atoms with Gasteiger partial charge in [-0.05, 0) is 47.9 Å². The van der Waals surface area contributed by atoms with Crippen LogP contribution in [0.15, 0.2) is 85.3 Å².